The zero-order valence-electron chi connectivity index (χ0n) is 11.5. The maximum atomic E-state index is 5.28. The Morgan fingerprint density at radius 2 is 2.33 bits per heavy atom. The number of aromatic nitrogens is 1. The van der Waals surface area contributed by atoms with E-state index in [4.69, 9.17) is 4.74 Å². The van der Waals surface area contributed by atoms with Crippen LogP contribution in [0.1, 0.15) is 39.0 Å². The van der Waals surface area contributed by atoms with Crippen LogP contribution >= 0.6 is 0 Å². The summed E-state index contributed by atoms with van der Waals surface area (Å²) in [6, 6.07) is 3.84. The molecule has 0 aromatic carbocycles. The van der Waals surface area contributed by atoms with Crippen molar-refractivity contribution >= 4 is 5.82 Å². The zero-order valence-corrected chi connectivity index (χ0v) is 11.5. The minimum Gasteiger partial charge on any atom is -0.493 e. The predicted molar refractivity (Wildman–Crippen MR) is 75.0 cm³/mol. The lowest BCUT2D eigenvalue weighted by Gasteiger charge is -2.26. The molecule has 1 aromatic heterocycles. The number of methoxy groups -OCH3 is 1. The van der Waals surface area contributed by atoms with E-state index in [0.29, 0.717) is 0 Å². The lowest BCUT2D eigenvalue weighted by atomic mass is 9.81. The molecule has 0 spiro atoms. The van der Waals surface area contributed by atoms with Crippen molar-refractivity contribution in [3.05, 3.63) is 18.3 Å². The standard InChI is InChI=1S/C15H24N2O/c1-12-5-3-6-13(11-12)8-10-17-15-14(18-2)7-4-9-16-15/h4,7,9,12-13H,3,5-6,8,10-11H2,1-2H3,(H,16,17). The monoisotopic (exact) mass is 248 g/mol. The smallest absolute Gasteiger partial charge is 0.168 e. The van der Waals surface area contributed by atoms with Gasteiger partial charge >= 0.3 is 0 Å². The molecule has 18 heavy (non-hydrogen) atoms. The quantitative estimate of drug-likeness (QED) is 0.862. The van der Waals surface area contributed by atoms with Gasteiger partial charge in [0.25, 0.3) is 0 Å². The predicted octanol–water partition coefficient (Wildman–Crippen LogP) is 3.72. The molecule has 3 nitrogen and oxygen atoms in total. The van der Waals surface area contributed by atoms with Crippen LogP contribution in [0, 0.1) is 11.8 Å². The summed E-state index contributed by atoms with van der Waals surface area (Å²) in [5.74, 6) is 3.49. The van der Waals surface area contributed by atoms with Gasteiger partial charge in [-0.15, -0.1) is 0 Å². The molecule has 0 bridgehead atoms. The third-order valence-corrected chi connectivity index (χ3v) is 3.88. The Balaban J connectivity index is 1.77. The van der Waals surface area contributed by atoms with Gasteiger partial charge in [-0.25, -0.2) is 4.98 Å². The van der Waals surface area contributed by atoms with Crippen molar-refractivity contribution < 1.29 is 4.74 Å². The molecule has 1 aliphatic rings. The summed E-state index contributed by atoms with van der Waals surface area (Å²) < 4.78 is 5.28. The van der Waals surface area contributed by atoms with Crippen LogP contribution in [0.5, 0.6) is 5.75 Å². The Kier molecular flexibility index (Phi) is 4.85. The van der Waals surface area contributed by atoms with Crippen molar-refractivity contribution in [2.24, 2.45) is 11.8 Å². The van der Waals surface area contributed by atoms with Crippen molar-refractivity contribution in [1.82, 2.24) is 4.98 Å². The molecule has 2 unspecified atom stereocenters. The average molecular weight is 248 g/mol. The lowest BCUT2D eigenvalue weighted by Crippen LogP contribution is -2.17. The molecule has 1 N–H and O–H groups in total. The highest BCUT2D eigenvalue weighted by Crippen LogP contribution is 2.30. The van der Waals surface area contributed by atoms with Crippen LogP contribution in [0.15, 0.2) is 18.3 Å². The van der Waals surface area contributed by atoms with Crippen molar-refractivity contribution in [3.63, 3.8) is 0 Å². The van der Waals surface area contributed by atoms with E-state index in [1.807, 2.05) is 12.1 Å². The Bertz CT molecular complexity index is 367. The highest BCUT2D eigenvalue weighted by molar-refractivity contribution is 5.49. The molecule has 3 heteroatoms. The Morgan fingerprint density at radius 3 is 3.11 bits per heavy atom. The molecule has 0 aliphatic heterocycles. The first-order valence-corrected chi connectivity index (χ1v) is 7.02. The van der Waals surface area contributed by atoms with E-state index < -0.39 is 0 Å². The number of hydrogen-bond acceptors (Lipinski definition) is 3. The Morgan fingerprint density at radius 1 is 1.44 bits per heavy atom. The average Bonchev–Trinajstić information content (AvgIpc) is 2.39. The summed E-state index contributed by atoms with van der Waals surface area (Å²) in [7, 11) is 1.69. The van der Waals surface area contributed by atoms with Crippen LogP contribution in [0.25, 0.3) is 0 Å². The number of anilines is 1. The lowest BCUT2D eigenvalue weighted by molar-refractivity contribution is 0.274. The normalized spacial score (nSPS) is 23.7. The van der Waals surface area contributed by atoms with Gasteiger partial charge < -0.3 is 10.1 Å². The van der Waals surface area contributed by atoms with E-state index in [1.54, 1.807) is 13.3 Å². The fourth-order valence-electron chi connectivity index (χ4n) is 2.90. The first kappa shape index (κ1) is 13.2. The molecule has 0 radical (unpaired) electrons. The first-order chi connectivity index (χ1) is 8.79. The molecule has 100 valence electrons. The SMILES string of the molecule is COc1cccnc1NCCC1CCCC(C)C1. The third kappa shape index (κ3) is 3.62. The fourth-order valence-corrected chi connectivity index (χ4v) is 2.90. The summed E-state index contributed by atoms with van der Waals surface area (Å²) in [5.41, 5.74) is 0. The van der Waals surface area contributed by atoms with Crippen molar-refractivity contribution in [1.29, 1.82) is 0 Å². The minimum absolute atomic E-state index is 0.828. The van der Waals surface area contributed by atoms with Gasteiger partial charge in [0, 0.05) is 12.7 Å². The van der Waals surface area contributed by atoms with Crippen molar-refractivity contribution in [2.75, 3.05) is 19.0 Å². The van der Waals surface area contributed by atoms with E-state index in [1.165, 1.54) is 32.1 Å². The molecule has 1 fully saturated rings. The number of ether oxygens (including phenoxy) is 1. The van der Waals surface area contributed by atoms with Gasteiger partial charge in [0.2, 0.25) is 0 Å². The second-order valence-electron chi connectivity index (χ2n) is 5.41. The van der Waals surface area contributed by atoms with Gasteiger partial charge in [0.05, 0.1) is 7.11 Å². The number of rotatable bonds is 5. The van der Waals surface area contributed by atoms with Crippen LogP contribution in [0.2, 0.25) is 0 Å². The van der Waals surface area contributed by atoms with Crippen molar-refractivity contribution in [3.8, 4) is 5.75 Å². The topological polar surface area (TPSA) is 34.1 Å². The second-order valence-corrected chi connectivity index (χ2v) is 5.41. The van der Waals surface area contributed by atoms with E-state index in [9.17, 15) is 0 Å². The Hall–Kier alpha value is -1.25. The molecule has 1 aliphatic carbocycles. The maximum absolute atomic E-state index is 5.28. The third-order valence-electron chi connectivity index (χ3n) is 3.88. The van der Waals surface area contributed by atoms with Gasteiger partial charge in [0.1, 0.15) is 0 Å². The van der Waals surface area contributed by atoms with Gasteiger partial charge in [-0.3, -0.25) is 0 Å². The van der Waals surface area contributed by atoms with Gasteiger partial charge in [-0.1, -0.05) is 26.2 Å². The van der Waals surface area contributed by atoms with Gasteiger partial charge in [-0.05, 0) is 36.8 Å². The van der Waals surface area contributed by atoms with Crippen LogP contribution in [0.4, 0.5) is 5.82 Å². The molecule has 0 saturated heterocycles. The number of nitrogens with one attached hydrogen (secondary N) is 1. The number of pyridine rings is 1. The molecule has 1 heterocycles. The van der Waals surface area contributed by atoms with Crippen molar-refractivity contribution in [2.45, 2.75) is 39.0 Å². The molecule has 1 aromatic rings. The van der Waals surface area contributed by atoms with Gasteiger partial charge in [0.15, 0.2) is 11.6 Å². The summed E-state index contributed by atoms with van der Waals surface area (Å²) >= 11 is 0. The Labute approximate surface area is 110 Å². The summed E-state index contributed by atoms with van der Waals surface area (Å²) in [5, 5.41) is 3.39. The van der Waals surface area contributed by atoms with Crippen LogP contribution in [-0.2, 0) is 0 Å². The maximum Gasteiger partial charge on any atom is 0.168 e. The summed E-state index contributed by atoms with van der Waals surface area (Å²) in [6.45, 7) is 3.37. The second kappa shape index (κ2) is 6.62. The van der Waals surface area contributed by atoms with E-state index >= 15 is 0 Å². The number of nitrogens with zero attached hydrogens (tertiary/aromatic N) is 1. The van der Waals surface area contributed by atoms with Gasteiger partial charge in [-0.2, -0.15) is 0 Å². The van der Waals surface area contributed by atoms with E-state index in [2.05, 4.69) is 17.2 Å². The summed E-state index contributed by atoms with van der Waals surface area (Å²) in [4.78, 5) is 4.31. The first-order valence-electron chi connectivity index (χ1n) is 7.02. The van der Waals surface area contributed by atoms with Crippen LogP contribution in [-0.4, -0.2) is 18.6 Å². The molecule has 2 rings (SSSR count). The largest absolute Gasteiger partial charge is 0.493 e. The molecular weight excluding hydrogens is 224 g/mol. The summed E-state index contributed by atoms with van der Waals surface area (Å²) in [6.07, 6.45) is 8.64. The fraction of sp³-hybridized carbons (Fsp3) is 0.667. The highest BCUT2D eigenvalue weighted by atomic mass is 16.5. The van der Waals surface area contributed by atoms with Crippen LogP contribution in [0.3, 0.4) is 0 Å². The molecule has 0 amide bonds. The molecule has 1 saturated carbocycles. The highest BCUT2D eigenvalue weighted by Gasteiger charge is 2.18. The zero-order chi connectivity index (χ0) is 12.8. The van der Waals surface area contributed by atoms with Crippen LogP contribution < -0.4 is 10.1 Å². The van der Waals surface area contributed by atoms with E-state index in [-0.39, 0.29) is 0 Å². The van der Waals surface area contributed by atoms with E-state index in [0.717, 1.165) is 29.9 Å². The number of hydrogen-bond donors (Lipinski definition) is 1. The molecule has 2 atom stereocenters. The molecular formula is C15H24N2O. The minimum atomic E-state index is 0.828.